The summed E-state index contributed by atoms with van der Waals surface area (Å²) in [5, 5.41) is 6.49. The molecule has 4 heteroatoms. The molecular weight excluding hydrogens is 243 g/mol. The molecule has 3 nitrogen and oxygen atoms in total. The molecule has 1 aliphatic rings. The van der Waals surface area contributed by atoms with E-state index in [0.29, 0.717) is 6.42 Å². The summed E-state index contributed by atoms with van der Waals surface area (Å²) in [7, 11) is 0. The van der Waals surface area contributed by atoms with Crippen molar-refractivity contribution in [2.75, 3.05) is 6.54 Å². The van der Waals surface area contributed by atoms with Crippen LogP contribution in [0.1, 0.15) is 43.4 Å². The first-order valence-electron chi connectivity index (χ1n) is 6.89. The lowest BCUT2D eigenvalue weighted by molar-refractivity contribution is -0.121. The zero-order chi connectivity index (χ0) is 13.8. The van der Waals surface area contributed by atoms with E-state index < -0.39 is 0 Å². The molecule has 0 aliphatic carbocycles. The van der Waals surface area contributed by atoms with Crippen molar-refractivity contribution >= 4 is 5.91 Å². The number of piperidine rings is 1. The van der Waals surface area contributed by atoms with Crippen LogP contribution in [0, 0.1) is 12.7 Å². The Labute approximate surface area is 113 Å². The molecule has 0 aromatic heterocycles. The average molecular weight is 264 g/mol. The van der Waals surface area contributed by atoms with E-state index in [1.807, 2.05) is 19.9 Å². The summed E-state index contributed by atoms with van der Waals surface area (Å²) in [4.78, 5) is 11.5. The van der Waals surface area contributed by atoms with Crippen molar-refractivity contribution in [3.8, 4) is 0 Å². The number of halogens is 1. The first-order valence-corrected chi connectivity index (χ1v) is 6.89. The van der Waals surface area contributed by atoms with Crippen LogP contribution in [-0.4, -0.2) is 18.5 Å². The van der Waals surface area contributed by atoms with Crippen molar-refractivity contribution < 1.29 is 9.18 Å². The molecule has 1 aromatic rings. The first kappa shape index (κ1) is 14.0. The van der Waals surface area contributed by atoms with E-state index in [2.05, 4.69) is 10.6 Å². The Kier molecular flexibility index (Phi) is 4.53. The van der Waals surface area contributed by atoms with Gasteiger partial charge in [0.2, 0.25) is 5.91 Å². The Morgan fingerprint density at radius 3 is 3.00 bits per heavy atom. The monoisotopic (exact) mass is 264 g/mol. The van der Waals surface area contributed by atoms with Gasteiger partial charge in [0.25, 0.3) is 0 Å². The summed E-state index contributed by atoms with van der Waals surface area (Å²) in [5.74, 6) is -0.102. The second-order valence-corrected chi connectivity index (χ2v) is 5.15. The van der Waals surface area contributed by atoms with Crippen LogP contribution in [0.3, 0.4) is 0 Å². The SMILES string of the molecule is CCC(=O)N[C@@H]1CCN[C@@H](c2ccc(F)cc2C)C1. The number of nitrogens with one attached hydrogen (secondary N) is 2. The maximum Gasteiger partial charge on any atom is 0.219 e. The Balaban J connectivity index is 2.06. The van der Waals surface area contributed by atoms with Crippen molar-refractivity contribution in [3.63, 3.8) is 0 Å². The van der Waals surface area contributed by atoms with Crippen molar-refractivity contribution in [1.82, 2.24) is 10.6 Å². The third-order valence-corrected chi connectivity index (χ3v) is 3.70. The maximum absolute atomic E-state index is 13.1. The molecule has 2 rings (SSSR count). The lowest BCUT2D eigenvalue weighted by atomic mass is 9.91. The molecule has 0 bridgehead atoms. The number of carbonyl (C=O) groups excluding carboxylic acids is 1. The molecule has 1 heterocycles. The predicted octanol–water partition coefficient (Wildman–Crippen LogP) is 2.45. The van der Waals surface area contributed by atoms with Crippen LogP contribution >= 0.6 is 0 Å². The van der Waals surface area contributed by atoms with Gasteiger partial charge in [-0.1, -0.05) is 13.0 Å². The lowest BCUT2D eigenvalue weighted by Crippen LogP contribution is -2.44. The molecular formula is C15H21FN2O. The summed E-state index contributed by atoms with van der Waals surface area (Å²) in [6.45, 7) is 4.66. The number of hydrogen-bond donors (Lipinski definition) is 2. The summed E-state index contributed by atoms with van der Waals surface area (Å²) in [5.41, 5.74) is 2.08. The number of hydrogen-bond acceptors (Lipinski definition) is 2. The number of rotatable bonds is 3. The van der Waals surface area contributed by atoms with Gasteiger partial charge in [-0.05, 0) is 49.6 Å². The second-order valence-electron chi connectivity index (χ2n) is 5.15. The third kappa shape index (κ3) is 3.53. The van der Waals surface area contributed by atoms with Crippen LogP contribution in [0.2, 0.25) is 0 Å². The molecule has 0 saturated carbocycles. The molecule has 104 valence electrons. The van der Waals surface area contributed by atoms with E-state index in [1.54, 1.807) is 6.07 Å². The zero-order valence-electron chi connectivity index (χ0n) is 11.5. The molecule has 2 N–H and O–H groups in total. The van der Waals surface area contributed by atoms with Gasteiger partial charge in [0.15, 0.2) is 0 Å². The van der Waals surface area contributed by atoms with E-state index in [4.69, 9.17) is 0 Å². The summed E-state index contributed by atoms with van der Waals surface area (Å²) < 4.78 is 13.1. The molecule has 1 aromatic carbocycles. The van der Waals surface area contributed by atoms with E-state index in [9.17, 15) is 9.18 Å². The summed E-state index contributed by atoms with van der Waals surface area (Å²) in [6, 6.07) is 5.30. The summed E-state index contributed by atoms with van der Waals surface area (Å²) in [6.07, 6.45) is 2.32. The van der Waals surface area contributed by atoms with Crippen LogP contribution in [0.15, 0.2) is 18.2 Å². The highest BCUT2D eigenvalue weighted by Crippen LogP contribution is 2.26. The Bertz CT molecular complexity index is 461. The second kappa shape index (κ2) is 6.15. The number of benzene rings is 1. The van der Waals surface area contributed by atoms with Crippen LogP contribution in [0.4, 0.5) is 4.39 Å². The Hall–Kier alpha value is -1.42. The van der Waals surface area contributed by atoms with Crippen LogP contribution in [0.25, 0.3) is 0 Å². The van der Waals surface area contributed by atoms with Gasteiger partial charge < -0.3 is 10.6 Å². The lowest BCUT2D eigenvalue weighted by Gasteiger charge is -2.32. The van der Waals surface area contributed by atoms with Gasteiger partial charge in [0, 0.05) is 18.5 Å². The van der Waals surface area contributed by atoms with Gasteiger partial charge in [-0.15, -0.1) is 0 Å². The van der Waals surface area contributed by atoms with E-state index in [0.717, 1.165) is 30.5 Å². The van der Waals surface area contributed by atoms with Gasteiger partial charge >= 0.3 is 0 Å². The zero-order valence-corrected chi connectivity index (χ0v) is 11.5. The normalized spacial score (nSPS) is 23.1. The molecule has 1 amide bonds. The predicted molar refractivity (Wildman–Crippen MR) is 73.3 cm³/mol. The van der Waals surface area contributed by atoms with Gasteiger partial charge in [-0.25, -0.2) is 4.39 Å². The van der Waals surface area contributed by atoms with E-state index in [1.165, 1.54) is 6.07 Å². The minimum Gasteiger partial charge on any atom is -0.353 e. The minimum absolute atomic E-state index is 0.0986. The first-order chi connectivity index (χ1) is 9.10. The topological polar surface area (TPSA) is 41.1 Å². The molecule has 0 spiro atoms. The number of amides is 1. The maximum atomic E-state index is 13.1. The van der Waals surface area contributed by atoms with Crippen molar-refractivity contribution in [2.24, 2.45) is 0 Å². The van der Waals surface area contributed by atoms with E-state index >= 15 is 0 Å². The molecule has 1 aliphatic heterocycles. The van der Waals surface area contributed by atoms with Gasteiger partial charge in [-0.3, -0.25) is 4.79 Å². The fourth-order valence-corrected chi connectivity index (χ4v) is 2.65. The van der Waals surface area contributed by atoms with Crippen LogP contribution < -0.4 is 10.6 Å². The van der Waals surface area contributed by atoms with Crippen molar-refractivity contribution in [3.05, 3.63) is 35.1 Å². The number of carbonyl (C=O) groups is 1. The standard InChI is InChI=1S/C15H21FN2O/c1-3-15(19)18-12-6-7-17-14(9-12)13-5-4-11(16)8-10(13)2/h4-5,8,12,14,17H,3,6-7,9H2,1-2H3,(H,18,19)/t12-,14-/m1/s1. The van der Waals surface area contributed by atoms with Gasteiger partial charge in [0.05, 0.1) is 0 Å². The Morgan fingerprint density at radius 1 is 1.53 bits per heavy atom. The molecule has 2 atom stereocenters. The van der Waals surface area contributed by atoms with Gasteiger partial charge in [-0.2, -0.15) is 0 Å². The van der Waals surface area contributed by atoms with Crippen LogP contribution in [-0.2, 0) is 4.79 Å². The molecule has 1 fully saturated rings. The fraction of sp³-hybridized carbons (Fsp3) is 0.533. The van der Waals surface area contributed by atoms with Crippen molar-refractivity contribution in [1.29, 1.82) is 0 Å². The minimum atomic E-state index is -0.201. The fourth-order valence-electron chi connectivity index (χ4n) is 2.65. The quantitative estimate of drug-likeness (QED) is 0.880. The molecule has 0 radical (unpaired) electrons. The van der Waals surface area contributed by atoms with E-state index in [-0.39, 0.29) is 23.8 Å². The third-order valence-electron chi connectivity index (χ3n) is 3.70. The summed E-state index contributed by atoms with van der Waals surface area (Å²) >= 11 is 0. The highest BCUT2D eigenvalue weighted by Gasteiger charge is 2.24. The van der Waals surface area contributed by atoms with Crippen LogP contribution in [0.5, 0.6) is 0 Å². The Morgan fingerprint density at radius 2 is 2.32 bits per heavy atom. The van der Waals surface area contributed by atoms with Crippen molar-refractivity contribution in [2.45, 2.75) is 45.2 Å². The molecule has 19 heavy (non-hydrogen) atoms. The van der Waals surface area contributed by atoms with Gasteiger partial charge in [0.1, 0.15) is 5.82 Å². The largest absolute Gasteiger partial charge is 0.353 e. The molecule has 1 saturated heterocycles. The number of aryl methyl sites for hydroxylation is 1. The highest BCUT2D eigenvalue weighted by molar-refractivity contribution is 5.75. The smallest absolute Gasteiger partial charge is 0.219 e. The average Bonchev–Trinajstić information content (AvgIpc) is 2.39. The highest BCUT2D eigenvalue weighted by atomic mass is 19.1. The molecule has 0 unspecified atom stereocenters.